The highest BCUT2D eigenvalue weighted by molar-refractivity contribution is 9.10. The second-order valence-electron chi connectivity index (χ2n) is 3.68. The van der Waals surface area contributed by atoms with Gasteiger partial charge in [-0.3, -0.25) is 0 Å². The molecule has 0 spiro atoms. The number of rotatable bonds is 4. The van der Waals surface area contributed by atoms with E-state index >= 15 is 0 Å². The van der Waals surface area contributed by atoms with Crippen molar-refractivity contribution in [1.82, 2.24) is 0 Å². The van der Waals surface area contributed by atoms with Gasteiger partial charge in [0.05, 0.1) is 0 Å². The van der Waals surface area contributed by atoms with Crippen LogP contribution in [0.2, 0.25) is 0 Å². The minimum atomic E-state index is 0.508. The average Bonchev–Trinajstić information content (AvgIpc) is 2.19. The van der Waals surface area contributed by atoms with E-state index < -0.39 is 0 Å². The first kappa shape index (κ1) is 11.5. The highest BCUT2D eigenvalue weighted by atomic mass is 79.9. The van der Waals surface area contributed by atoms with E-state index in [2.05, 4.69) is 47.2 Å². The summed E-state index contributed by atoms with van der Waals surface area (Å²) in [5.74, 6) is 0.508. The summed E-state index contributed by atoms with van der Waals surface area (Å²) in [4.78, 5) is 0. The highest BCUT2D eigenvalue weighted by Gasteiger charge is 2.01. The van der Waals surface area contributed by atoms with Crippen LogP contribution in [-0.2, 0) is 0 Å². The molecule has 0 saturated heterocycles. The van der Waals surface area contributed by atoms with Crippen molar-refractivity contribution < 1.29 is 0 Å². The van der Waals surface area contributed by atoms with Gasteiger partial charge < -0.3 is 11.1 Å². The first-order valence-electron chi connectivity index (χ1n) is 4.83. The molecule has 3 heteroatoms. The predicted molar refractivity (Wildman–Crippen MR) is 65.6 cm³/mol. The van der Waals surface area contributed by atoms with Crippen molar-refractivity contribution in [3.8, 4) is 0 Å². The standard InChI is InChI=1S/C11H17BrN2/c1-8(6-13)7-14-11-5-10(12)4-3-9(11)2/h3-5,8,14H,6-7,13H2,1-2H3. The Hall–Kier alpha value is -0.540. The number of nitrogens with two attached hydrogens (primary N) is 1. The molecule has 0 heterocycles. The zero-order valence-corrected chi connectivity index (χ0v) is 10.3. The predicted octanol–water partition coefficient (Wildman–Crippen LogP) is 2.76. The van der Waals surface area contributed by atoms with Crippen LogP contribution in [-0.4, -0.2) is 13.1 Å². The van der Waals surface area contributed by atoms with Gasteiger partial charge in [0.15, 0.2) is 0 Å². The summed E-state index contributed by atoms with van der Waals surface area (Å²) in [7, 11) is 0. The number of halogens is 1. The van der Waals surface area contributed by atoms with Crippen molar-refractivity contribution in [2.45, 2.75) is 13.8 Å². The second-order valence-corrected chi connectivity index (χ2v) is 4.60. The number of benzene rings is 1. The van der Waals surface area contributed by atoms with Gasteiger partial charge >= 0.3 is 0 Å². The Morgan fingerprint density at radius 2 is 2.21 bits per heavy atom. The molecule has 78 valence electrons. The molecule has 3 N–H and O–H groups in total. The molecular formula is C11H17BrN2. The van der Waals surface area contributed by atoms with Gasteiger partial charge in [-0.2, -0.15) is 0 Å². The van der Waals surface area contributed by atoms with Gasteiger partial charge in [-0.15, -0.1) is 0 Å². The molecule has 1 aromatic carbocycles. The van der Waals surface area contributed by atoms with Crippen molar-refractivity contribution in [2.75, 3.05) is 18.4 Å². The van der Waals surface area contributed by atoms with Crippen LogP contribution in [0, 0.1) is 12.8 Å². The van der Waals surface area contributed by atoms with Gasteiger partial charge in [0.1, 0.15) is 0 Å². The third-order valence-corrected chi connectivity index (χ3v) is 2.74. The van der Waals surface area contributed by atoms with Gasteiger partial charge in [0, 0.05) is 16.7 Å². The molecule has 2 nitrogen and oxygen atoms in total. The fourth-order valence-corrected chi connectivity index (χ4v) is 1.51. The Morgan fingerprint density at radius 3 is 2.86 bits per heavy atom. The van der Waals surface area contributed by atoms with Crippen LogP contribution >= 0.6 is 15.9 Å². The third kappa shape index (κ3) is 3.31. The van der Waals surface area contributed by atoms with E-state index in [0.29, 0.717) is 5.92 Å². The summed E-state index contributed by atoms with van der Waals surface area (Å²) < 4.78 is 1.10. The average molecular weight is 257 g/mol. The Bertz CT molecular complexity index is 299. The van der Waals surface area contributed by atoms with E-state index in [0.717, 1.165) is 17.6 Å². The zero-order chi connectivity index (χ0) is 10.6. The number of nitrogens with one attached hydrogen (secondary N) is 1. The van der Waals surface area contributed by atoms with Gasteiger partial charge in [0.25, 0.3) is 0 Å². The summed E-state index contributed by atoms with van der Waals surface area (Å²) in [6.07, 6.45) is 0. The summed E-state index contributed by atoms with van der Waals surface area (Å²) in [6, 6.07) is 6.24. The van der Waals surface area contributed by atoms with Crippen molar-refractivity contribution in [1.29, 1.82) is 0 Å². The minimum Gasteiger partial charge on any atom is -0.384 e. The summed E-state index contributed by atoms with van der Waals surface area (Å²) in [6.45, 7) is 5.88. The van der Waals surface area contributed by atoms with E-state index in [1.165, 1.54) is 11.3 Å². The van der Waals surface area contributed by atoms with Crippen molar-refractivity contribution >= 4 is 21.6 Å². The Balaban J connectivity index is 2.62. The van der Waals surface area contributed by atoms with Crippen molar-refractivity contribution in [2.24, 2.45) is 11.7 Å². The molecular weight excluding hydrogens is 240 g/mol. The van der Waals surface area contributed by atoms with Crippen LogP contribution < -0.4 is 11.1 Å². The maximum Gasteiger partial charge on any atom is 0.0381 e. The van der Waals surface area contributed by atoms with E-state index in [1.807, 2.05) is 6.07 Å². The van der Waals surface area contributed by atoms with E-state index in [1.54, 1.807) is 0 Å². The molecule has 0 radical (unpaired) electrons. The fraction of sp³-hybridized carbons (Fsp3) is 0.455. The molecule has 14 heavy (non-hydrogen) atoms. The topological polar surface area (TPSA) is 38.0 Å². The smallest absolute Gasteiger partial charge is 0.0381 e. The molecule has 0 bridgehead atoms. The van der Waals surface area contributed by atoms with E-state index in [4.69, 9.17) is 5.73 Å². The van der Waals surface area contributed by atoms with Crippen LogP contribution in [0.4, 0.5) is 5.69 Å². The normalized spacial score (nSPS) is 12.6. The molecule has 1 atom stereocenters. The SMILES string of the molecule is Cc1ccc(Br)cc1NCC(C)CN. The van der Waals surface area contributed by atoms with Gasteiger partial charge in [-0.05, 0) is 37.1 Å². The molecule has 0 saturated carbocycles. The molecule has 0 aliphatic heterocycles. The third-order valence-electron chi connectivity index (χ3n) is 2.24. The number of aryl methyl sites for hydroxylation is 1. The van der Waals surface area contributed by atoms with Crippen LogP contribution in [0.5, 0.6) is 0 Å². The Morgan fingerprint density at radius 1 is 1.50 bits per heavy atom. The molecule has 0 aliphatic rings. The second kappa shape index (κ2) is 5.37. The maximum absolute atomic E-state index is 5.55. The van der Waals surface area contributed by atoms with Crippen LogP contribution in [0.15, 0.2) is 22.7 Å². The molecule has 0 fully saturated rings. The van der Waals surface area contributed by atoms with Crippen LogP contribution in [0.1, 0.15) is 12.5 Å². The quantitative estimate of drug-likeness (QED) is 0.870. The largest absolute Gasteiger partial charge is 0.384 e. The summed E-state index contributed by atoms with van der Waals surface area (Å²) in [5, 5.41) is 3.39. The van der Waals surface area contributed by atoms with Crippen molar-refractivity contribution in [3.63, 3.8) is 0 Å². The summed E-state index contributed by atoms with van der Waals surface area (Å²) in [5.41, 5.74) is 8.00. The molecule has 1 aromatic rings. The van der Waals surface area contributed by atoms with Crippen LogP contribution in [0.3, 0.4) is 0 Å². The minimum absolute atomic E-state index is 0.508. The number of anilines is 1. The van der Waals surface area contributed by atoms with Crippen LogP contribution in [0.25, 0.3) is 0 Å². The lowest BCUT2D eigenvalue weighted by molar-refractivity contribution is 0.628. The first-order valence-corrected chi connectivity index (χ1v) is 5.63. The lowest BCUT2D eigenvalue weighted by atomic mass is 10.1. The lowest BCUT2D eigenvalue weighted by Gasteiger charge is -2.13. The summed E-state index contributed by atoms with van der Waals surface area (Å²) >= 11 is 3.46. The van der Waals surface area contributed by atoms with Gasteiger partial charge in [-0.25, -0.2) is 0 Å². The lowest BCUT2D eigenvalue weighted by Crippen LogP contribution is -2.20. The van der Waals surface area contributed by atoms with Crippen molar-refractivity contribution in [3.05, 3.63) is 28.2 Å². The Kier molecular flexibility index (Phi) is 4.42. The van der Waals surface area contributed by atoms with E-state index in [-0.39, 0.29) is 0 Å². The zero-order valence-electron chi connectivity index (χ0n) is 8.68. The fourth-order valence-electron chi connectivity index (χ4n) is 1.15. The molecule has 0 amide bonds. The van der Waals surface area contributed by atoms with Gasteiger partial charge in [-0.1, -0.05) is 28.9 Å². The number of hydrogen-bond donors (Lipinski definition) is 2. The maximum atomic E-state index is 5.55. The molecule has 0 aromatic heterocycles. The first-order chi connectivity index (χ1) is 6.63. The molecule has 1 rings (SSSR count). The molecule has 1 unspecified atom stereocenters. The Labute approximate surface area is 94.0 Å². The number of hydrogen-bond acceptors (Lipinski definition) is 2. The van der Waals surface area contributed by atoms with E-state index in [9.17, 15) is 0 Å². The van der Waals surface area contributed by atoms with Gasteiger partial charge in [0.2, 0.25) is 0 Å². The monoisotopic (exact) mass is 256 g/mol. The molecule has 0 aliphatic carbocycles. The highest BCUT2D eigenvalue weighted by Crippen LogP contribution is 2.20.